The van der Waals surface area contributed by atoms with Crippen LogP contribution in [0.4, 0.5) is 4.39 Å². The number of benzene rings is 1. The molecule has 0 spiro atoms. The second-order valence-electron chi connectivity index (χ2n) is 5.47. The smallest absolute Gasteiger partial charge is 0.124 e. The molecule has 20 heavy (non-hydrogen) atoms. The highest BCUT2D eigenvalue weighted by Gasteiger charge is 2.09. The fourth-order valence-corrected chi connectivity index (χ4v) is 3.84. The Bertz CT molecular complexity index is 561. The van der Waals surface area contributed by atoms with Crippen LogP contribution in [0.25, 0.3) is 10.1 Å². The molecule has 0 saturated carbocycles. The van der Waals surface area contributed by atoms with Crippen LogP contribution in [0, 0.1) is 5.82 Å². The molecule has 0 amide bonds. The number of hydrogen-bond acceptors (Lipinski definition) is 3. The Hall–Kier alpha value is -0.970. The molecule has 0 bridgehead atoms. The molecular formula is C16H21FN2S. The number of piperidine rings is 1. The van der Waals surface area contributed by atoms with Crippen molar-refractivity contribution in [2.45, 2.75) is 25.8 Å². The van der Waals surface area contributed by atoms with E-state index in [9.17, 15) is 4.39 Å². The van der Waals surface area contributed by atoms with Crippen molar-refractivity contribution in [3.63, 3.8) is 0 Å². The SMILES string of the molecule is Fc1ccc2cc(CNCCN3CCCCC3)sc2c1. The minimum atomic E-state index is -0.149. The zero-order valence-electron chi connectivity index (χ0n) is 11.7. The summed E-state index contributed by atoms with van der Waals surface area (Å²) in [4.78, 5) is 3.82. The summed E-state index contributed by atoms with van der Waals surface area (Å²) in [6.45, 7) is 5.56. The van der Waals surface area contributed by atoms with Crippen LogP contribution in [0.15, 0.2) is 24.3 Å². The van der Waals surface area contributed by atoms with Crippen molar-refractivity contribution < 1.29 is 4.39 Å². The topological polar surface area (TPSA) is 15.3 Å². The molecule has 0 aliphatic carbocycles. The zero-order valence-corrected chi connectivity index (χ0v) is 12.5. The first-order valence-electron chi connectivity index (χ1n) is 7.42. The van der Waals surface area contributed by atoms with Gasteiger partial charge in [-0.1, -0.05) is 12.5 Å². The van der Waals surface area contributed by atoms with Gasteiger partial charge in [0.1, 0.15) is 5.82 Å². The Kier molecular flexibility index (Phi) is 4.65. The van der Waals surface area contributed by atoms with Gasteiger partial charge in [0.05, 0.1) is 0 Å². The molecule has 3 rings (SSSR count). The number of nitrogens with zero attached hydrogens (tertiary/aromatic N) is 1. The van der Waals surface area contributed by atoms with E-state index in [0.717, 1.165) is 29.7 Å². The number of fused-ring (bicyclic) bond motifs is 1. The van der Waals surface area contributed by atoms with E-state index in [-0.39, 0.29) is 5.82 Å². The molecule has 1 saturated heterocycles. The van der Waals surface area contributed by atoms with Crippen LogP contribution in [-0.2, 0) is 6.54 Å². The van der Waals surface area contributed by atoms with Crippen LogP contribution >= 0.6 is 11.3 Å². The summed E-state index contributed by atoms with van der Waals surface area (Å²) >= 11 is 1.68. The third kappa shape index (κ3) is 3.57. The number of likely N-dealkylation sites (tertiary alicyclic amines) is 1. The Morgan fingerprint density at radius 3 is 2.85 bits per heavy atom. The quantitative estimate of drug-likeness (QED) is 0.847. The van der Waals surface area contributed by atoms with Gasteiger partial charge in [-0.15, -0.1) is 11.3 Å². The molecule has 4 heteroatoms. The van der Waals surface area contributed by atoms with Crippen molar-refractivity contribution >= 4 is 21.4 Å². The summed E-state index contributed by atoms with van der Waals surface area (Å²) in [5.41, 5.74) is 0. The van der Waals surface area contributed by atoms with Gasteiger partial charge in [-0.05, 0) is 49.5 Å². The maximum Gasteiger partial charge on any atom is 0.124 e. The van der Waals surface area contributed by atoms with E-state index in [1.807, 2.05) is 6.07 Å². The van der Waals surface area contributed by atoms with Crippen LogP contribution in [0.5, 0.6) is 0 Å². The predicted molar refractivity (Wildman–Crippen MR) is 83.8 cm³/mol. The van der Waals surface area contributed by atoms with Crippen molar-refractivity contribution in [3.8, 4) is 0 Å². The van der Waals surface area contributed by atoms with Gasteiger partial charge in [0.2, 0.25) is 0 Å². The molecule has 2 aromatic rings. The standard InChI is InChI=1S/C16H21FN2S/c17-14-5-4-13-10-15(20-16(13)11-14)12-18-6-9-19-7-2-1-3-8-19/h4-5,10-11,18H,1-3,6-9,12H2. The first-order chi connectivity index (χ1) is 9.81. The van der Waals surface area contributed by atoms with Gasteiger partial charge >= 0.3 is 0 Å². The molecule has 2 nitrogen and oxygen atoms in total. The highest BCUT2D eigenvalue weighted by atomic mass is 32.1. The molecule has 1 aromatic heterocycles. The van der Waals surface area contributed by atoms with Gasteiger partial charge in [-0.25, -0.2) is 4.39 Å². The molecule has 1 fully saturated rings. The highest BCUT2D eigenvalue weighted by molar-refractivity contribution is 7.19. The molecule has 0 unspecified atom stereocenters. The van der Waals surface area contributed by atoms with Crippen LogP contribution in [0.3, 0.4) is 0 Å². The normalized spacial score (nSPS) is 16.9. The van der Waals surface area contributed by atoms with Gasteiger partial charge in [0.15, 0.2) is 0 Å². The van der Waals surface area contributed by atoms with E-state index in [0.29, 0.717) is 0 Å². The van der Waals surface area contributed by atoms with Crippen molar-refractivity contribution in [2.75, 3.05) is 26.2 Å². The summed E-state index contributed by atoms with van der Waals surface area (Å²) in [5, 5.41) is 4.64. The first kappa shape index (κ1) is 14.0. The minimum Gasteiger partial charge on any atom is -0.311 e. The number of hydrogen-bond donors (Lipinski definition) is 1. The molecule has 108 valence electrons. The molecule has 1 aromatic carbocycles. The van der Waals surface area contributed by atoms with Gasteiger partial charge in [-0.2, -0.15) is 0 Å². The zero-order chi connectivity index (χ0) is 13.8. The van der Waals surface area contributed by atoms with Crippen molar-refractivity contribution in [1.29, 1.82) is 0 Å². The molecule has 1 aliphatic rings. The average Bonchev–Trinajstić information content (AvgIpc) is 2.86. The van der Waals surface area contributed by atoms with E-state index in [4.69, 9.17) is 0 Å². The molecule has 0 radical (unpaired) electrons. The van der Waals surface area contributed by atoms with Crippen LogP contribution < -0.4 is 5.32 Å². The molecule has 1 N–H and O–H groups in total. The lowest BCUT2D eigenvalue weighted by Crippen LogP contribution is -2.35. The fourth-order valence-electron chi connectivity index (χ4n) is 2.78. The van der Waals surface area contributed by atoms with Gasteiger partial charge in [0.25, 0.3) is 0 Å². The van der Waals surface area contributed by atoms with E-state index >= 15 is 0 Å². The Morgan fingerprint density at radius 1 is 1.15 bits per heavy atom. The Morgan fingerprint density at radius 2 is 2.00 bits per heavy atom. The second-order valence-corrected chi connectivity index (χ2v) is 6.64. The molecule has 0 atom stereocenters. The molecule has 1 aliphatic heterocycles. The summed E-state index contributed by atoms with van der Waals surface area (Å²) in [6.07, 6.45) is 4.09. The summed E-state index contributed by atoms with van der Waals surface area (Å²) in [7, 11) is 0. The Labute approximate surface area is 123 Å². The number of halogens is 1. The average molecular weight is 292 g/mol. The number of rotatable bonds is 5. The van der Waals surface area contributed by atoms with E-state index in [1.54, 1.807) is 17.4 Å². The number of nitrogens with one attached hydrogen (secondary N) is 1. The lowest BCUT2D eigenvalue weighted by atomic mass is 10.1. The van der Waals surface area contributed by atoms with E-state index < -0.39 is 0 Å². The van der Waals surface area contributed by atoms with Gasteiger partial charge in [-0.3, -0.25) is 0 Å². The summed E-state index contributed by atoms with van der Waals surface area (Å²) in [5.74, 6) is -0.149. The predicted octanol–water partition coefficient (Wildman–Crippen LogP) is 3.62. The monoisotopic (exact) mass is 292 g/mol. The lowest BCUT2D eigenvalue weighted by Gasteiger charge is -2.26. The van der Waals surface area contributed by atoms with Crippen LogP contribution in [0.2, 0.25) is 0 Å². The first-order valence-corrected chi connectivity index (χ1v) is 8.24. The largest absolute Gasteiger partial charge is 0.311 e. The van der Waals surface area contributed by atoms with Crippen LogP contribution in [-0.4, -0.2) is 31.1 Å². The van der Waals surface area contributed by atoms with Gasteiger partial charge < -0.3 is 10.2 Å². The van der Waals surface area contributed by atoms with Gasteiger partial charge in [0, 0.05) is 29.2 Å². The number of thiophene rings is 1. The van der Waals surface area contributed by atoms with Crippen molar-refractivity contribution in [2.24, 2.45) is 0 Å². The minimum absolute atomic E-state index is 0.149. The lowest BCUT2D eigenvalue weighted by molar-refractivity contribution is 0.229. The maximum atomic E-state index is 13.1. The Balaban J connectivity index is 1.47. The summed E-state index contributed by atoms with van der Waals surface area (Å²) < 4.78 is 14.2. The second kappa shape index (κ2) is 6.66. The molecule has 2 heterocycles. The fraction of sp³-hybridized carbons (Fsp3) is 0.500. The van der Waals surface area contributed by atoms with Crippen molar-refractivity contribution in [3.05, 3.63) is 35.0 Å². The third-order valence-corrected chi connectivity index (χ3v) is 4.98. The maximum absolute atomic E-state index is 13.1. The highest BCUT2D eigenvalue weighted by Crippen LogP contribution is 2.26. The van der Waals surface area contributed by atoms with Crippen molar-refractivity contribution in [1.82, 2.24) is 10.2 Å². The van der Waals surface area contributed by atoms with E-state index in [1.165, 1.54) is 43.3 Å². The molecular weight excluding hydrogens is 271 g/mol. The summed E-state index contributed by atoms with van der Waals surface area (Å²) in [6, 6.07) is 7.17. The van der Waals surface area contributed by atoms with Crippen LogP contribution in [0.1, 0.15) is 24.1 Å². The van der Waals surface area contributed by atoms with E-state index in [2.05, 4.69) is 16.3 Å². The third-order valence-electron chi connectivity index (χ3n) is 3.89.